The smallest absolute Gasteiger partial charge is 0.145 e. The van der Waals surface area contributed by atoms with Crippen molar-refractivity contribution in [3.05, 3.63) is 35.9 Å². The molecule has 1 saturated carbocycles. The minimum absolute atomic E-state index is 0.603. The van der Waals surface area contributed by atoms with Crippen molar-refractivity contribution in [1.29, 1.82) is 5.26 Å². The molecule has 3 nitrogen and oxygen atoms in total. The zero-order chi connectivity index (χ0) is 14.4. The van der Waals surface area contributed by atoms with Crippen LogP contribution in [-0.4, -0.2) is 31.6 Å². The van der Waals surface area contributed by atoms with E-state index in [2.05, 4.69) is 30.3 Å². The second kappa shape index (κ2) is 6.88. The Bertz CT molecular complexity index is 447. The number of benzene rings is 1. The Morgan fingerprint density at radius 1 is 1.35 bits per heavy atom. The Morgan fingerprint density at radius 2 is 2.05 bits per heavy atom. The molecule has 1 fully saturated rings. The van der Waals surface area contributed by atoms with Gasteiger partial charge in [0, 0.05) is 13.1 Å². The van der Waals surface area contributed by atoms with E-state index in [0.717, 1.165) is 31.1 Å². The topological polar surface area (TPSA) is 39.1 Å². The van der Waals surface area contributed by atoms with E-state index < -0.39 is 5.54 Å². The largest absolute Gasteiger partial charge is 0.303 e. The Hall–Kier alpha value is -1.37. The van der Waals surface area contributed by atoms with Crippen molar-refractivity contribution < 1.29 is 0 Å². The van der Waals surface area contributed by atoms with Gasteiger partial charge in [0.1, 0.15) is 5.54 Å². The molecule has 2 rings (SSSR count). The second-order valence-electron chi connectivity index (χ2n) is 5.91. The van der Waals surface area contributed by atoms with Crippen LogP contribution in [0.3, 0.4) is 0 Å². The summed E-state index contributed by atoms with van der Waals surface area (Å²) in [4.78, 5) is 2.31. The summed E-state index contributed by atoms with van der Waals surface area (Å²) in [6.07, 6.45) is 4.06. The molecule has 1 aliphatic rings. The highest BCUT2D eigenvalue weighted by Crippen LogP contribution is 2.28. The normalized spacial score (nSPS) is 18.3. The first-order valence-corrected chi connectivity index (χ1v) is 7.60. The molecular weight excluding hydrogens is 246 g/mol. The lowest BCUT2D eigenvalue weighted by atomic mass is 9.84. The van der Waals surface area contributed by atoms with Crippen LogP contribution >= 0.6 is 0 Å². The van der Waals surface area contributed by atoms with Gasteiger partial charge in [-0.2, -0.15) is 5.26 Å². The number of hydrogen-bond acceptors (Lipinski definition) is 3. The van der Waals surface area contributed by atoms with E-state index >= 15 is 0 Å². The maximum absolute atomic E-state index is 9.78. The summed E-state index contributed by atoms with van der Waals surface area (Å²) in [6.45, 7) is 4.68. The Balaban J connectivity index is 2.12. The number of nitrogens with one attached hydrogen (secondary N) is 1. The summed E-state index contributed by atoms with van der Waals surface area (Å²) < 4.78 is 0. The maximum atomic E-state index is 9.78. The van der Waals surface area contributed by atoms with Crippen molar-refractivity contribution >= 4 is 0 Å². The highest BCUT2D eigenvalue weighted by Gasteiger charge is 2.33. The number of nitriles is 1. The van der Waals surface area contributed by atoms with E-state index in [4.69, 9.17) is 0 Å². The SMILES string of the molecule is CCNC(C#N)(CN(C)CC1CCC1)c1ccccc1. The number of nitrogens with zero attached hydrogens (tertiary/aromatic N) is 2. The highest BCUT2D eigenvalue weighted by atomic mass is 15.1. The van der Waals surface area contributed by atoms with Gasteiger partial charge in [0.2, 0.25) is 0 Å². The minimum atomic E-state index is -0.603. The van der Waals surface area contributed by atoms with Gasteiger partial charge >= 0.3 is 0 Å². The lowest BCUT2D eigenvalue weighted by Crippen LogP contribution is -2.50. The first-order chi connectivity index (χ1) is 9.70. The van der Waals surface area contributed by atoms with Crippen LogP contribution in [0.2, 0.25) is 0 Å². The molecule has 0 radical (unpaired) electrons. The van der Waals surface area contributed by atoms with Gasteiger partial charge in [-0.1, -0.05) is 43.7 Å². The molecule has 1 aliphatic carbocycles. The Labute approximate surface area is 122 Å². The molecule has 20 heavy (non-hydrogen) atoms. The standard InChI is InChI=1S/C17H25N3/c1-3-19-17(13-18,16-10-5-4-6-11-16)14-20(2)12-15-8-7-9-15/h4-6,10-11,15,19H,3,7-9,12,14H2,1-2H3. The van der Waals surface area contributed by atoms with Crippen molar-refractivity contribution in [2.45, 2.75) is 31.7 Å². The number of likely N-dealkylation sites (N-methyl/N-ethyl adjacent to an activating group) is 2. The van der Waals surface area contributed by atoms with Gasteiger partial charge in [0.25, 0.3) is 0 Å². The van der Waals surface area contributed by atoms with Crippen LogP contribution in [0.15, 0.2) is 30.3 Å². The van der Waals surface area contributed by atoms with E-state index in [0.29, 0.717) is 0 Å². The molecular formula is C17H25N3. The summed E-state index contributed by atoms with van der Waals surface area (Å²) >= 11 is 0. The van der Waals surface area contributed by atoms with Crippen LogP contribution in [-0.2, 0) is 5.54 Å². The predicted octanol–water partition coefficient (Wildman–Crippen LogP) is 2.75. The van der Waals surface area contributed by atoms with Crippen molar-refractivity contribution in [1.82, 2.24) is 10.2 Å². The van der Waals surface area contributed by atoms with Crippen molar-refractivity contribution in [3.63, 3.8) is 0 Å². The van der Waals surface area contributed by atoms with Crippen LogP contribution in [0.25, 0.3) is 0 Å². The summed E-state index contributed by atoms with van der Waals surface area (Å²) in [7, 11) is 2.13. The summed E-state index contributed by atoms with van der Waals surface area (Å²) in [5.74, 6) is 0.828. The number of hydrogen-bond donors (Lipinski definition) is 1. The zero-order valence-corrected chi connectivity index (χ0v) is 12.6. The third-order valence-electron chi connectivity index (χ3n) is 4.24. The molecule has 3 heteroatoms. The molecule has 0 heterocycles. The molecule has 0 amide bonds. The van der Waals surface area contributed by atoms with E-state index in [1.165, 1.54) is 19.3 Å². The lowest BCUT2D eigenvalue weighted by molar-refractivity contribution is 0.176. The average molecular weight is 271 g/mol. The van der Waals surface area contributed by atoms with Crippen LogP contribution in [0.1, 0.15) is 31.7 Å². The molecule has 0 aliphatic heterocycles. The van der Waals surface area contributed by atoms with E-state index in [1.54, 1.807) is 0 Å². The molecule has 0 bridgehead atoms. The monoisotopic (exact) mass is 271 g/mol. The van der Waals surface area contributed by atoms with E-state index in [9.17, 15) is 5.26 Å². The van der Waals surface area contributed by atoms with Crippen LogP contribution in [0.4, 0.5) is 0 Å². The Morgan fingerprint density at radius 3 is 2.55 bits per heavy atom. The Kier molecular flexibility index (Phi) is 5.17. The molecule has 0 saturated heterocycles. The molecule has 108 valence electrons. The van der Waals surface area contributed by atoms with Crippen molar-refractivity contribution in [2.24, 2.45) is 5.92 Å². The van der Waals surface area contributed by atoms with Crippen LogP contribution in [0, 0.1) is 17.2 Å². The third kappa shape index (κ3) is 3.39. The predicted molar refractivity (Wildman–Crippen MR) is 82.2 cm³/mol. The molecule has 1 N–H and O–H groups in total. The molecule has 0 spiro atoms. The molecule has 1 aromatic carbocycles. The summed E-state index contributed by atoms with van der Waals surface area (Å²) in [6, 6.07) is 12.6. The second-order valence-corrected chi connectivity index (χ2v) is 5.91. The zero-order valence-electron chi connectivity index (χ0n) is 12.6. The van der Waals surface area contributed by atoms with Gasteiger partial charge in [-0.05, 0) is 37.9 Å². The summed E-state index contributed by atoms with van der Waals surface area (Å²) in [5, 5.41) is 13.2. The lowest BCUT2D eigenvalue weighted by Gasteiger charge is -2.36. The number of rotatable bonds is 7. The van der Waals surface area contributed by atoms with Gasteiger partial charge in [-0.15, -0.1) is 0 Å². The first kappa shape index (κ1) is 15.0. The van der Waals surface area contributed by atoms with E-state index in [1.807, 2.05) is 30.3 Å². The van der Waals surface area contributed by atoms with Gasteiger partial charge in [-0.3, -0.25) is 5.32 Å². The van der Waals surface area contributed by atoms with Crippen molar-refractivity contribution in [2.75, 3.05) is 26.7 Å². The molecule has 1 unspecified atom stereocenters. The first-order valence-electron chi connectivity index (χ1n) is 7.60. The van der Waals surface area contributed by atoms with Gasteiger partial charge in [0.05, 0.1) is 6.07 Å². The fourth-order valence-electron chi connectivity index (χ4n) is 3.00. The molecule has 1 atom stereocenters. The minimum Gasteiger partial charge on any atom is -0.303 e. The fourth-order valence-corrected chi connectivity index (χ4v) is 3.00. The average Bonchev–Trinajstić information content (AvgIpc) is 2.43. The van der Waals surface area contributed by atoms with Crippen molar-refractivity contribution in [3.8, 4) is 6.07 Å². The van der Waals surface area contributed by atoms with Gasteiger partial charge in [0.15, 0.2) is 0 Å². The third-order valence-corrected chi connectivity index (χ3v) is 4.24. The van der Waals surface area contributed by atoms with Gasteiger partial charge < -0.3 is 4.90 Å². The van der Waals surface area contributed by atoms with E-state index in [-0.39, 0.29) is 0 Å². The molecule has 1 aromatic rings. The molecule has 0 aromatic heterocycles. The van der Waals surface area contributed by atoms with Crippen LogP contribution < -0.4 is 5.32 Å². The fraction of sp³-hybridized carbons (Fsp3) is 0.588. The van der Waals surface area contributed by atoms with Crippen LogP contribution in [0.5, 0.6) is 0 Å². The van der Waals surface area contributed by atoms with Gasteiger partial charge in [-0.25, -0.2) is 0 Å². The maximum Gasteiger partial charge on any atom is 0.145 e. The summed E-state index contributed by atoms with van der Waals surface area (Å²) in [5.41, 5.74) is 0.457. The highest BCUT2D eigenvalue weighted by molar-refractivity contribution is 5.32. The quantitative estimate of drug-likeness (QED) is 0.829.